The van der Waals surface area contributed by atoms with Gasteiger partial charge in [-0.2, -0.15) is 4.80 Å². The molecule has 0 radical (unpaired) electrons. The van der Waals surface area contributed by atoms with Gasteiger partial charge in [-0.1, -0.05) is 140 Å². The van der Waals surface area contributed by atoms with Crippen molar-refractivity contribution in [2.75, 3.05) is 0 Å². The number of aromatic nitrogens is 4. The maximum atomic E-state index is 5.18. The van der Waals surface area contributed by atoms with E-state index in [0.717, 1.165) is 50.1 Å². The molecule has 0 atom stereocenters. The summed E-state index contributed by atoms with van der Waals surface area (Å²) in [4.78, 5) is 6.11. The fraction of sp³-hybridized carbons (Fsp3) is 0. The summed E-state index contributed by atoms with van der Waals surface area (Å²) in [5.74, 6) is 0. The van der Waals surface area contributed by atoms with Gasteiger partial charge in [0, 0.05) is 23.5 Å². The van der Waals surface area contributed by atoms with E-state index in [2.05, 4.69) is 199 Å². The Labute approximate surface area is 352 Å². The van der Waals surface area contributed by atoms with Crippen molar-refractivity contribution < 1.29 is 0 Å². The predicted octanol–water partition coefficient (Wildman–Crippen LogP) is 14.8. The summed E-state index contributed by atoms with van der Waals surface area (Å²) in [5.41, 5.74) is 13.9. The lowest BCUT2D eigenvalue weighted by molar-refractivity contribution is 0.766. The van der Waals surface area contributed by atoms with Crippen LogP contribution in [-0.4, -0.2) is 20.0 Å². The molecule has 12 aromatic rings. The van der Waals surface area contributed by atoms with Crippen LogP contribution in [0, 0.1) is 0 Å². The Bertz CT molecular complexity index is 3660. The van der Waals surface area contributed by atoms with Crippen LogP contribution in [0.3, 0.4) is 0 Å². The normalized spacial score (nSPS) is 11.6. The van der Waals surface area contributed by atoms with E-state index in [4.69, 9.17) is 10.2 Å². The summed E-state index contributed by atoms with van der Waals surface area (Å²) in [6.07, 6.45) is 3.68. The van der Waals surface area contributed by atoms with Crippen molar-refractivity contribution in [2.45, 2.75) is 0 Å². The maximum absolute atomic E-state index is 5.18. The lowest BCUT2D eigenvalue weighted by atomic mass is 9.93. The molecule has 0 N–H and O–H groups in total. The van der Waals surface area contributed by atoms with Crippen molar-refractivity contribution in [1.82, 2.24) is 20.0 Å². The zero-order valence-corrected chi connectivity index (χ0v) is 33.1. The molecule has 0 aliphatic carbocycles. The van der Waals surface area contributed by atoms with E-state index in [-0.39, 0.29) is 0 Å². The van der Waals surface area contributed by atoms with E-state index in [0.29, 0.717) is 0 Å². The first-order valence-electron chi connectivity index (χ1n) is 20.6. The number of hydrogen-bond donors (Lipinski definition) is 0. The Morgan fingerprint density at radius 3 is 1.31 bits per heavy atom. The first-order chi connectivity index (χ1) is 30.1. The zero-order chi connectivity index (χ0) is 40.3. The van der Waals surface area contributed by atoms with Crippen LogP contribution in [-0.2, 0) is 0 Å². The first-order valence-corrected chi connectivity index (χ1v) is 20.6. The Morgan fingerprint density at radius 1 is 0.295 bits per heavy atom. The lowest BCUT2D eigenvalue weighted by Crippen LogP contribution is -1.98. The molecule has 0 saturated carbocycles. The number of rotatable bonds is 6. The molecule has 2 aromatic heterocycles. The maximum Gasteiger partial charge on any atom is 0.121 e. The largest absolute Gasteiger partial charge is 0.264 e. The van der Waals surface area contributed by atoms with Gasteiger partial charge in [-0.25, -0.2) is 0 Å². The van der Waals surface area contributed by atoms with Crippen LogP contribution >= 0.6 is 0 Å². The predicted molar refractivity (Wildman–Crippen MR) is 254 cm³/mol. The van der Waals surface area contributed by atoms with Crippen LogP contribution in [0.2, 0.25) is 0 Å². The highest BCUT2D eigenvalue weighted by Gasteiger charge is 2.16. The van der Waals surface area contributed by atoms with Crippen LogP contribution in [0.15, 0.2) is 219 Å². The molecule has 0 bridgehead atoms. The molecule has 4 nitrogen and oxygen atoms in total. The van der Waals surface area contributed by atoms with E-state index in [1.165, 1.54) is 65.3 Å². The summed E-state index contributed by atoms with van der Waals surface area (Å²) < 4.78 is 0. The van der Waals surface area contributed by atoms with Gasteiger partial charge in [0.15, 0.2) is 0 Å². The molecule has 0 aliphatic rings. The minimum Gasteiger partial charge on any atom is -0.264 e. The lowest BCUT2D eigenvalue weighted by Gasteiger charge is -2.11. The molecule has 0 fully saturated rings. The summed E-state index contributed by atoms with van der Waals surface area (Å²) in [7, 11) is 0. The Morgan fingerprint density at radius 2 is 0.754 bits per heavy atom. The van der Waals surface area contributed by atoms with Crippen LogP contribution in [0.5, 0.6) is 0 Å². The molecule has 0 unspecified atom stereocenters. The highest BCUT2D eigenvalue weighted by molar-refractivity contribution is 6.01. The van der Waals surface area contributed by atoms with E-state index in [9.17, 15) is 0 Å². The van der Waals surface area contributed by atoms with Gasteiger partial charge in [-0.3, -0.25) is 4.98 Å². The standard InChI is InChI=1S/C57H36N4/c1-3-9-39-27-42(16-14-37(39)7-1)44-18-19-47-31-50(23-22-46(47)29-44)53-34-55(57-56(35-53)59-61(60-57)54-13-5-11-41(33-54)52-12-6-26-58-36-52)51-25-24-48-30-45(20-21-49(48)32-51)43-17-15-38-8-2-4-10-40(38)28-43/h1-36H. The van der Waals surface area contributed by atoms with Gasteiger partial charge >= 0.3 is 0 Å². The molecule has 0 amide bonds. The monoisotopic (exact) mass is 776 g/mol. The Balaban J connectivity index is 0.963. The second-order valence-electron chi connectivity index (χ2n) is 15.9. The fourth-order valence-corrected chi connectivity index (χ4v) is 8.80. The molecule has 284 valence electrons. The second-order valence-corrected chi connectivity index (χ2v) is 15.9. The highest BCUT2D eigenvalue weighted by Crippen LogP contribution is 2.37. The molecule has 0 aliphatic heterocycles. The van der Waals surface area contributed by atoms with E-state index in [1.807, 2.05) is 18.3 Å². The quantitative estimate of drug-likeness (QED) is 0.169. The average molecular weight is 777 g/mol. The number of hydrogen-bond acceptors (Lipinski definition) is 3. The minimum absolute atomic E-state index is 0.831. The summed E-state index contributed by atoms with van der Waals surface area (Å²) in [5, 5.41) is 20.1. The van der Waals surface area contributed by atoms with E-state index < -0.39 is 0 Å². The summed E-state index contributed by atoms with van der Waals surface area (Å²) in [6, 6.07) is 74.3. The van der Waals surface area contributed by atoms with Crippen molar-refractivity contribution in [1.29, 1.82) is 0 Å². The highest BCUT2D eigenvalue weighted by atomic mass is 15.5. The number of pyridine rings is 1. The van der Waals surface area contributed by atoms with E-state index >= 15 is 0 Å². The second kappa shape index (κ2) is 14.3. The third-order valence-electron chi connectivity index (χ3n) is 12.0. The van der Waals surface area contributed by atoms with Crippen molar-refractivity contribution in [3.63, 3.8) is 0 Å². The topological polar surface area (TPSA) is 43.6 Å². The van der Waals surface area contributed by atoms with Gasteiger partial charge in [0.25, 0.3) is 0 Å². The third kappa shape index (κ3) is 6.39. The molecule has 4 heteroatoms. The van der Waals surface area contributed by atoms with Gasteiger partial charge in [0.05, 0.1) is 5.69 Å². The Hall–Kier alpha value is -8.21. The Kier molecular flexibility index (Phi) is 8.13. The third-order valence-corrected chi connectivity index (χ3v) is 12.0. The molecular weight excluding hydrogens is 741 g/mol. The molecule has 61 heavy (non-hydrogen) atoms. The fourth-order valence-electron chi connectivity index (χ4n) is 8.80. The van der Waals surface area contributed by atoms with Crippen LogP contribution < -0.4 is 0 Å². The SMILES string of the molecule is c1cncc(-c2cccc(-n3nc4cc(-c5ccc6cc(-c7ccc8ccccc8c7)ccc6c5)cc(-c5ccc6cc(-c7ccc8ccccc8c7)ccc6c5)c4n3)c2)c1. The van der Waals surface area contributed by atoms with Crippen molar-refractivity contribution in [3.8, 4) is 61.3 Å². The van der Waals surface area contributed by atoms with Crippen LogP contribution in [0.4, 0.5) is 0 Å². The molecular formula is C57H36N4. The smallest absolute Gasteiger partial charge is 0.121 e. The number of benzene rings is 10. The van der Waals surface area contributed by atoms with Crippen molar-refractivity contribution in [3.05, 3.63) is 219 Å². The molecule has 0 spiro atoms. The van der Waals surface area contributed by atoms with Gasteiger partial charge in [-0.05, 0) is 154 Å². The van der Waals surface area contributed by atoms with Gasteiger partial charge in [-0.15, -0.1) is 10.2 Å². The summed E-state index contributed by atoms with van der Waals surface area (Å²) in [6.45, 7) is 0. The van der Waals surface area contributed by atoms with Gasteiger partial charge in [0.2, 0.25) is 0 Å². The van der Waals surface area contributed by atoms with Crippen molar-refractivity contribution >= 4 is 54.1 Å². The number of nitrogens with zero attached hydrogens (tertiary/aromatic N) is 4. The van der Waals surface area contributed by atoms with Crippen molar-refractivity contribution in [2.24, 2.45) is 0 Å². The van der Waals surface area contributed by atoms with Crippen LogP contribution in [0.25, 0.3) is 115 Å². The molecule has 0 saturated heterocycles. The first kappa shape index (κ1) is 34.8. The molecule has 2 heterocycles. The van der Waals surface area contributed by atoms with Gasteiger partial charge in [0.1, 0.15) is 11.0 Å². The molecule has 12 rings (SSSR count). The molecule has 10 aromatic carbocycles. The zero-order valence-electron chi connectivity index (χ0n) is 33.1. The van der Waals surface area contributed by atoms with E-state index in [1.54, 1.807) is 11.0 Å². The van der Waals surface area contributed by atoms with Crippen LogP contribution in [0.1, 0.15) is 0 Å². The number of fused-ring (bicyclic) bond motifs is 5. The summed E-state index contributed by atoms with van der Waals surface area (Å²) >= 11 is 0. The minimum atomic E-state index is 0.831. The average Bonchev–Trinajstić information content (AvgIpc) is 3.78. The van der Waals surface area contributed by atoms with Gasteiger partial charge < -0.3 is 0 Å².